The maximum absolute atomic E-state index is 12.2. The molecule has 2 N–H and O–H groups in total. The average Bonchev–Trinajstić information content (AvgIpc) is 2.97. The highest BCUT2D eigenvalue weighted by Gasteiger charge is 2.22. The minimum atomic E-state index is -0.327. The fourth-order valence-corrected chi connectivity index (χ4v) is 2.54. The van der Waals surface area contributed by atoms with E-state index >= 15 is 0 Å². The molecule has 0 unspecified atom stereocenters. The molecule has 1 amide bonds. The smallest absolute Gasteiger partial charge is 0.246 e. The van der Waals surface area contributed by atoms with E-state index in [0.717, 1.165) is 10.0 Å². The van der Waals surface area contributed by atoms with Gasteiger partial charge >= 0.3 is 0 Å². The molecule has 0 bridgehead atoms. The number of benzene rings is 1. The zero-order valence-electron chi connectivity index (χ0n) is 12.0. The molecule has 1 aliphatic heterocycles. The lowest BCUT2D eigenvalue weighted by Crippen LogP contribution is -2.49. The van der Waals surface area contributed by atoms with Gasteiger partial charge in [0.1, 0.15) is 6.04 Å². The van der Waals surface area contributed by atoms with Crippen LogP contribution >= 0.6 is 15.9 Å². The Morgan fingerprint density at radius 1 is 1.45 bits per heavy atom. The van der Waals surface area contributed by atoms with Crippen LogP contribution in [0.1, 0.15) is 5.56 Å². The summed E-state index contributed by atoms with van der Waals surface area (Å²) in [6.07, 6.45) is 3.53. The molecule has 0 spiro atoms. The van der Waals surface area contributed by atoms with E-state index in [4.69, 9.17) is 4.74 Å². The number of hydrogen-bond donors (Lipinski definition) is 2. The Hall–Kier alpha value is -1.70. The van der Waals surface area contributed by atoms with Gasteiger partial charge in [-0.3, -0.25) is 10.1 Å². The highest BCUT2D eigenvalue weighted by molar-refractivity contribution is 9.10. The molecule has 1 aliphatic rings. The number of halogens is 1. The van der Waals surface area contributed by atoms with Gasteiger partial charge in [-0.25, -0.2) is 4.98 Å². The molecular weight excluding hydrogens is 348 g/mol. The summed E-state index contributed by atoms with van der Waals surface area (Å²) < 4.78 is 8.25. The van der Waals surface area contributed by atoms with Crippen molar-refractivity contribution >= 4 is 27.8 Å². The standard InChI is InChI=1S/C15H17BrN4O2/c16-12-3-1-11(2-4-12)9-20-7-5-18-15(20)19-14(21)13-10-22-8-6-17-13/h1-5,7,13,17H,6,8-10H2,(H,18,19,21)/t13-/m0/s1. The zero-order chi connectivity index (χ0) is 15.4. The first-order chi connectivity index (χ1) is 10.7. The molecule has 2 heterocycles. The van der Waals surface area contributed by atoms with Crippen molar-refractivity contribution in [3.05, 3.63) is 46.7 Å². The van der Waals surface area contributed by atoms with E-state index in [1.807, 2.05) is 35.0 Å². The monoisotopic (exact) mass is 364 g/mol. The van der Waals surface area contributed by atoms with E-state index in [2.05, 4.69) is 31.5 Å². The van der Waals surface area contributed by atoms with Crippen LogP contribution in [0, 0.1) is 0 Å². The lowest BCUT2D eigenvalue weighted by atomic mass is 10.2. The number of ether oxygens (including phenoxy) is 1. The molecule has 1 atom stereocenters. The van der Waals surface area contributed by atoms with Gasteiger partial charge in [-0.15, -0.1) is 0 Å². The fourth-order valence-electron chi connectivity index (χ4n) is 2.28. The van der Waals surface area contributed by atoms with E-state index in [1.54, 1.807) is 6.20 Å². The van der Waals surface area contributed by atoms with Gasteiger partial charge in [-0.1, -0.05) is 28.1 Å². The SMILES string of the molecule is O=C(Nc1nccn1Cc1ccc(Br)cc1)[C@@H]1COCCN1. The molecule has 1 saturated heterocycles. The van der Waals surface area contributed by atoms with Crippen LogP contribution in [-0.2, 0) is 16.1 Å². The topological polar surface area (TPSA) is 68.2 Å². The third-order valence-corrected chi connectivity index (χ3v) is 3.98. The largest absolute Gasteiger partial charge is 0.378 e. The summed E-state index contributed by atoms with van der Waals surface area (Å²) in [4.78, 5) is 16.4. The first-order valence-electron chi connectivity index (χ1n) is 7.10. The number of nitrogens with one attached hydrogen (secondary N) is 2. The van der Waals surface area contributed by atoms with E-state index in [9.17, 15) is 4.79 Å². The third kappa shape index (κ3) is 3.73. The van der Waals surface area contributed by atoms with Crippen LogP contribution in [0.25, 0.3) is 0 Å². The van der Waals surface area contributed by atoms with Crippen molar-refractivity contribution in [3.8, 4) is 0 Å². The number of aromatic nitrogens is 2. The molecule has 0 saturated carbocycles. The summed E-state index contributed by atoms with van der Waals surface area (Å²) in [5.41, 5.74) is 1.14. The van der Waals surface area contributed by atoms with E-state index in [1.165, 1.54) is 0 Å². The maximum Gasteiger partial charge on any atom is 0.246 e. The molecule has 1 fully saturated rings. The van der Waals surface area contributed by atoms with Gasteiger partial charge in [0.05, 0.1) is 19.8 Å². The molecule has 0 radical (unpaired) electrons. The highest BCUT2D eigenvalue weighted by atomic mass is 79.9. The molecule has 1 aromatic carbocycles. The average molecular weight is 365 g/mol. The number of rotatable bonds is 4. The van der Waals surface area contributed by atoms with Crippen LogP contribution in [0.4, 0.5) is 5.95 Å². The second-order valence-corrected chi connectivity index (χ2v) is 5.99. The molecule has 3 rings (SSSR count). The lowest BCUT2D eigenvalue weighted by Gasteiger charge is -2.22. The summed E-state index contributed by atoms with van der Waals surface area (Å²) in [5, 5.41) is 5.98. The Bertz CT molecular complexity index is 635. The zero-order valence-corrected chi connectivity index (χ0v) is 13.5. The Balaban J connectivity index is 1.66. The van der Waals surface area contributed by atoms with E-state index < -0.39 is 0 Å². The van der Waals surface area contributed by atoms with Crippen LogP contribution in [0.2, 0.25) is 0 Å². The van der Waals surface area contributed by atoms with Crippen molar-refractivity contribution in [2.45, 2.75) is 12.6 Å². The number of morpholine rings is 1. The molecule has 1 aromatic heterocycles. The molecule has 7 heteroatoms. The van der Waals surface area contributed by atoms with Crippen molar-refractivity contribution in [2.24, 2.45) is 0 Å². The van der Waals surface area contributed by atoms with Crippen LogP contribution in [-0.4, -0.2) is 41.3 Å². The van der Waals surface area contributed by atoms with Crippen molar-refractivity contribution in [2.75, 3.05) is 25.1 Å². The van der Waals surface area contributed by atoms with Gasteiger partial charge in [-0.05, 0) is 17.7 Å². The Morgan fingerprint density at radius 3 is 3.00 bits per heavy atom. The second-order valence-electron chi connectivity index (χ2n) is 5.08. The number of hydrogen-bond acceptors (Lipinski definition) is 4. The second kappa shape index (κ2) is 7.04. The number of carbonyl (C=O) groups is 1. The molecule has 0 aliphatic carbocycles. The first kappa shape index (κ1) is 15.2. The van der Waals surface area contributed by atoms with Crippen molar-refractivity contribution < 1.29 is 9.53 Å². The molecule has 6 nitrogen and oxygen atoms in total. The third-order valence-electron chi connectivity index (χ3n) is 3.45. The molecule has 116 valence electrons. The van der Waals surface area contributed by atoms with Crippen molar-refractivity contribution in [3.63, 3.8) is 0 Å². The quantitative estimate of drug-likeness (QED) is 0.864. The molecule has 22 heavy (non-hydrogen) atoms. The van der Waals surface area contributed by atoms with Crippen LogP contribution in [0.15, 0.2) is 41.1 Å². The van der Waals surface area contributed by atoms with Crippen molar-refractivity contribution in [1.82, 2.24) is 14.9 Å². The number of nitrogens with zero attached hydrogens (tertiary/aromatic N) is 2. The first-order valence-corrected chi connectivity index (χ1v) is 7.89. The van der Waals surface area contributed by atoms with Crippen LogP contribution < -0.4 is 10.6 Å². The van der Waals surface area contributed by atoms with Crippen LogP contribution in [0.5, 0.6) is 0 Å². The predicted octanol–water partition coefficient (Wildman–Crippen LogP) is 1.62. The van der Waals surface area contributed by atoms with Gasteiger partial charge < -0.3 is 14.6 Å². The fraction of sp³-hybridized carbons (Fsp3) is 0.333. The Kier molecular flexibility index (Phi) is 4.87. The summed E-state index contributed by atoms with van der Waals surface area (Å²) in [7, 11) is 0. The van der Waals surface area contributed by atoms with Gasteiger partial charge in [0.15, 0.2) is 0 Å². The number of imidazole rings is 1. The minimum Gasteiger partial charge on any atom is -0.378 e. The number of anilines is 1. The highest BCUT2D eigenvalue weighted by Crippen LogP contribution is 2.14. The summed E-state index contributed by atoms with van der Waals surface area (Å²) >= 11 is 3.42. The van der Waals surface area contributed by atoms with Gasteiger partial charge in [-0.2, -0.15) is 0 Å². The van der Waals surface area contributed by atoms with Gasteiger partial charge in [0, 0.05) is 23.4 Å². The molecule has 2 aromatic rings. The summed E-state index contributed by atoms with van der Waals surface area (Å²) in [6.45, 7) is 2.37. The normalized spacial score (nSPS) is 18.1. The molecular formula is C15H17BrN4O2. The predicted molar refractivity (Wildman–Crippen MR) is 86.7 cm³/mol. The summed E-state index contributed by atoms with van der Waals surface area (Å²) in [5.74, 6) is 0.420. The van der Waals surface area contributed by atoms with E-state index in [0.29, 0.717) is 32.3 Å². The van der Waals surface area contributed by atoms with Gasteiger partial charge in [0.25, 0.3) is 0 Å². The van der Waals surface area contributed by atoms with E-state index in [-0.39, 0.29) is 11.9 Å². The Labute approximate surface area is 137 Å². The van der Waals surface area contributed by atoms with Crippen LogP contribution in [0.3, 0.4) is 0 Å². The maximum atomic E-state index is 12.2. The Morgan fingerprint density at radius 2 is 2.27 bits per heavy atom. The number of carbonyl (C=O) groups excluding carboxylic acids is 1. The van der Waals surface area contributed by atoms with Gasteiger partial charge in [0.2, 0.25) is 11.9 Å². The van der Waals surface area contributed by atoms with Crippen molar-refractivity contribution in [1.29, 1.82) is 0 Å². The number of amides is 1. The minimum absolute atomic E-state index is 0.122. The summed E-state index contributed by atoms with van der Waals surface area (Å²) in [6, 6.07) is 7.73. The lowest BCUT2D eigenvalue weighted by molar-refractivity contribution is -0.120.